The van der Waals surface area contributed by atoms with Crippen LogP contribution in [0.1, 0.15) is 21.7 Å². The highest BCUT2D eigenvalue weighted by molar-refractivity contribution is 6.11. The number of aryl methyl sites for hydroxylation is 2. The van der Waals surface area contributed by atoms with Crippen LogP contribution in [0.25, 0.3) is 28.1 Å². The van der Waals surface area contributed by atoms with Crippen LogP contribution in [-0.4, -0.2) is 30.2 Å². The molecule has 152 valence electrons. The minimum atomic E-state index is -0.536. The molecular formula is C23H17FN6O. The van der Waals surface area contributed by atoms with E-state index in [2.05, 4.69) is 25.3 Å². The zero-order chi connectivity index (χ0) is 21.5. The lowest BCUT2D eigenvalue weighted by atomic mass is 10.1. The van der Waals surface area contributed by atoms with Crippen molar-refractivity contribution >= 4 is 28.4 Å². The number of benzene rings is 2. The molecule has 2 aromatic carbocycles. The van der Waals surface area contributed by atoms with E-state index in [1.54, 1.807) is 32.2 Å². The van der Waals surface area contributed by atoms with E-state index in [0.29, 0.717) is 33.9 Å². The van der Waals surface area contributed by atoms with E-state index in [1.165, 1.54) is 12.1 Å². The van der Waals surface area contributed by atoms with Gasteiger partial charge in [0.2, 0.25) is 5.78 Å². The topological polar surface area (TPSA) is 85.1 Å². The molecular weight excluding hydrogens is 395 g/mol. The molecule has 0 atom stereocenters. The lowest BCUT2D eigenvalue weighted by molar-refractivity contribution is 0.102. The SMILES string of the molecule is Cc1nc2cc(F)cc(C(=O)Nc3ccc(-c4cn5cccnc5n4)cc3)c2nc1C. The molecule has 0 spiro atoms. The van der Waals surface area contributed by atoms with Crippen molar-refractivity contribution in [3.8, 4) is 11.3 Å². The molecule has 0 unspecified atom stereocenters. The summed E-state index contributed by atoms with van der Waals surface area (Å²) >= 11 is 0. The van der Waals surface area contributed by atoms with Crippen LogP contribution in [0.2, 0.25) is 0 Å². The summed E-state index contributed by atoms with van der Waals surface area (Å²) in [5.41, 5.74) is 4.48. The second kappa shape index (κ2) is 7.24. The third kappa shape index (κ3) is 3.48. The molecule has 3 aromatic heterocycles. The number of carbonyl (C=O) groups is 1. The lowest BCUT2D eigenvalue weighted by Gasteiger charge is -2.10. The number of halogens is 1. The second-order valence-corrected chi connectivity index (χ2v) is 7.20. The van der Waals surface area contributed by atoms with Gasteiger partial charge in [-0.2, -0.15) is 0 Å². The number of imidazole rings is 1. The first kappa shape index (κ1) is 18.8. The summed E-state index contributed by atoms with van der Waals surface area (Å²) < 4.78 is 15.9. The van der Waals surface area contributed by atoms with E-state index in [0.717, 1.165) is 11.3 Å². The summed E-state index contributed by atoms with van der Waals surface area (Å²) in [5.74, 6) is -0.378. The summed E-state index contributed by atoms with van der Waals surface area (Å²) in [6.07, 6.45) is 5.45. The van der Waals surface area contributed by atoms with Gasteiger partial charge in [-0.25, -0.2) is 24.3 Å². The van der Waals surface area contributed by atoms with Crippen LogP contribution < -0.4 is 5.32 Å². The van der Waals surface area contributed by atoms with E-state index in [9.17, 15) is 9.18 Å². The summed E-state index contributed by atoms with van der Waals surface area (Å²) in [5, 5.41) is 2.81. The highest BCUT2D eigenvalue weighted by atomic mass is 19.1. The second-order valence-electron chi connectivity index (χ2n) is 7.20. The maximum absolute atomic E-state index is 14.1. The Morgan fingerprint density at radius 2 is 1.81 bits per heavy atom. The van der Waals surface area contributed by atoms with Crippen molar-refractivity contribution in [3.63, 3.8) is 0 Å². The van der Waals surface area contributed by atoms with E-state index in [4.69, 9.17) is 0 Å². The van der Waals surface area contributed by atoms with Gasteiger partial charge >= 0.3 is 0 Å². The first-order valence-corrected chi connectivity index (χ1v) is 9.64. The number of hydrogen-bond acceptors (Lipinski definition) is 5. The third-order valence-corrected chi connectivity index (χ3v) is 5.06. The van der Waals surface area contributed by atoms with Crippen molar-refractivity contribution < 1.29 is 9.18 Å². The number of aromatic nitrogens is 5. The molecule has 0 fully saturated rings. The number of fused-ring (bicyclic) bond motifs is 2. The van der Waals surface area contributed by atoms with Crippen molar-refractivity contribution in [1.82, 2.24) is 24.3 Å². The van der Waals surface area contributed by atoms with Gasteiger partial charge in [-0.1, -0.05) is 12.1 Å². The Hall–Kier alpha value is -4.20. The zero-order valence-corrected chi connectivity index (χ0v) is 16.8. The van der Waals surface area contributed by atoms with Gasteiger partial charge in [-0.05, 0) is 38.1 Å². The Bertz CT molecular complexity index is 1430. The number of nitrogens with one attached hydrogen (secondary N) is 1. The zero-order valence-electron chi connectivity index (χ0n) is 16.8. The lowest BCUT2D eigenvalue weighted by Crippen LogP contribution is -2.14. The fourth-order valence-electron chi connectivity index (χ4n) is 3.36. The molecule has 7 nitrogen and oxygen atoms in total. The van der Waals surface area contributed by atoms with Crippen LogP contribution >= 0.6 is 0 Å². The number of nitrogens with zero attached hydrogens (tertiary/aromatic N) is 5. The maximum atomic E-state index is 14.1. The summed E-state index contributed by atoms with van der Waals surface area (Å²) in [6.45, 7) is 3.60. The Kier molecular flexibility index (Phi) is 4.39. The first-order valence-electron chi connectivity index (χ1n) is 9.64. The number of rotatable bonds is 3. The Morgan fingerprint density at radius 3 is 2.58 bits per heavy atom. The molecule has 0 saturated carbocycles. The molecule has 3 heterocycles. The standard InChI is InChI=1S/C23H17FN6O/c1-13-14(2)27-21-18(10-16(24)11-19(21)26-13)22(31)28-17-6-4-15(5-7-17)20-12-30-9-3-8-25-23(30)29-20/h3-12H,1-2H3,(H,28,31). The molecule has 0 bridgehead atoms. The van der Waals surface area contributed by atoms with Crippen LogP contribution in [0, 0.1) is 19.7 Å². The van der Waals surface area contributed by atoms with Gasteiger partial charge in [0.1, 0.15) is 11.3 Å². The molecule has 5 aromatic rings. The number of carbonyl (C=O) groups excluding carboxylic acids is 1. The van der Waals surface area contributed by atoms with Gasteiger partial charge in [0, 0.05) is 35.9 Å². The Morgan fingerprint density at radius 1 is 1.03 bits per heavy atom. The fraction of sp³-hybridized carbons (Fsp3) is 0.0870. The van der Waals surface area contributed by atoms with Crippen molar-refractivity contribution in [1.29, 1.82) is 0 Å². The third-order valence-electron chi connectivity index (χ3n) is 5.06. The van der Waals surface area contributed by atoms with E-state index >= 15 is 0 Å². The molecule has 8 heteroatoms. The number of amides is 1. The van der Waals surface area contributed by atoms with Gasteiger partial charge in [0.05, 0.1) is 28.2 Å². The largest absolute Gasteiger partial charge is 0.322 e. The van der Waals surface area contributed by atoms with Gasteiger partial charge in [0.25, 0.3) is 5.91 Å². The van der Waals surface area contributed by atoms with Gasteiger partial charge < -0.3 is 5.32 Å². The average molecular weight is 412 g/mol. The highest BCUT2D eigenvalue weighted by Crippen LogP contribution is 2.23. The van der Waals surface area contributed by atoms with Crippen LogP contribution in [0.5, 0.6) is 0 Å². The Balaban J connectivity index is 1.44. The van der Waals surface area contributed by atoms with E-state index in [-0.39, 0.29) is 5.56 Å². The van der Waals surface area contributed by atoms with Crippen LogP contribution in [0.3, 0.4) is 0 Å². The Labute approximate surface area is 176 Å². The molecule has 31 heavy (non-hydrogen) atoms. The van der Waals surface area contributed by atoms with Crippen molar-refractivity contribution in [2.75, 3.05) is 5.32 Å². The molecule has 0 radical (unpaired) electrons. The normalized spacial score (nSPS) is 11.2. The smallest absolute Gasteiger partial charge is 0.258 e. The fourth-order valence-corrected chi connectivity index (χ4v) is 3.36. The van der Waals surface area contributed by atoms with Crippen molar-refractivity contribution in [2.24, 2.45) is 0 Å². The molecule has 1 amide bonds. The summed E-state index contributed by atoms with van der Waals surface area (Å²) in [6, 6.07) is 11.5. The predicted molar refractivity (Wildman–Crippen MR) is 115 cm³/mol. The molecule has 1 N–H and O–H groups in total. The van der Waals surface area contributed by atoms with Crippen molar-refractivity contribution in [3.05, 3.63) is 83.8 Å². The molecule has 0 aliphatic rings. The van der Waals surface area contributed by atoms with Crippen LogP contribution in [0.4, 0.5) is 10.1 Å². The average Bonchev–Trinajstić information content (AvgIpc) is 3.19. The van der Waals surface area contributed by atoms with Crippen LogP contribution in [-0.2, 0) is 0 Å². The highest BCUT2D eigenvalue weighted by Gasteiger charge is 2.16. The van der Waals surface area contributed by atoms with E-state index in [1.807, 2.05) is 35.0 Å². The summed E-state index contributed by atoms with van der Waals surface area (Å²) in [4.78, 5) is 30.4. The quantitative estimate of drug-likeness (QED) is 0.476. The predicted octanol–water partition coefficient (Wildman–Crippen LogP) is 4.35. The first-order chi connectivity index (χ1) is 15.0. The number of anilines is 1. The van der Waals surface area contributed by atoms with Gasteiger partial charge in [-0.15, -0.1) is 0 Å². The summed E-state index contributed by atoms with van der Waals surface area (Å²) in [7, 11) is 0. The monoisotopic (exact) mass is 412 g/mol. The van der Waals surface area contributed by atoms with Gasteiger partial charge in [-0.3, -0.25) is 9.20 Å². The molecule has 5 rings (SSSR count). The molecule has 0 aliphatic heterocycles. The minimum Gasteiger partial charge on any atom is -0.322 e. The number of hydrogen-bond donors (Lipinski definition) is 1. The van der Waals surface area contributed by atoms with E-state index < -0.39 is 11.7 Å². The van der Waals surface area contributed by atoms with Gasteiger partial charge in [0.15, 0.2) is 0 Å². The van der Waals surface area contributed by atoms with Crippen LogP contribution in [0.15, 0.2) is 61.1 Å². The molecule has 0 aliphatic carbocycles. The maximum Gasteiger partial charge on any atom is 0.258 e. The van der Waals surface area contributed by atoms with Crippen molar-refractivity contribution in [2.45, 2.75) is 13.8 Å². The minimum absolute atomic E-state index is 0.140. The molecule has 0 saturated heterocycles.